The van der Waals surface area contributed by atoms with Gasteiger partial charge in [-0.25, -0.2) is 0 Å². The van der Waals surface area contributed by atoms with Gasteiger partial charge in [-0.2, -0.15) is 0 Å². The summed E-state index contributed by atoms with van der Waals surface area (Å²) >= 11 is 0. The van der Waals surface area contributed by atoms with E-state index in [0.717, 1.165) is 52.9 Å². The zero-order valence-electron chi connectivity index (χ0n) is 17.2. The van der Waals surface area contributed by atoms with Crippen molar-refractivity contribution in [2.24, 2.45) is 0 Å². The monoisotopic (exact) mass is 374 g/mol. The molecule has 5 aliphatic heterocycles. The van der Waals surface area contributed by atoms with Crippen molar-refractivity contribution >= 4 is 0 Å². The molecule has 0 N–H and O–H groups in total. The molecule has 2 atom stereocenters. The van der Waals surface area contributed by atoms with Crippen LogP contribution in [0, 0.1) is 0 Å². The van der Waals surface area contributed by atoms with E-state index in [2.05, 4.69) is 13.8 Å². The van der Waals surface area contributed by atoms with Gasteiger partial charge in [0.15, 0.2) is 0 Å². The van der Waals surface area contributed by atoms with Gasteiger partial charge in [0.05, 0.1) is 25.4 Å². The first kappa shape index (κ1) is 23.8. The Morgan fingerprint density at radius 3 is 0.654 bits per heavy atom. The van der Waals surface area contributed by atoms with Crippen LogP contribution in [0.5, 0.6) is 0 Å². The Kier molecular flexibility index (Phi) is 16.7. The second-order valence-electron chi connectivity index (χ2n) is 7.31. The molecule has 5 heteroatoms. The molecule has 5 fully saturated rings. The van der Waals surface area contributed by atoms with E-state index in [-0.39, 0.29) is 0 Å². The largest absolute Gasteiger partial charge is 0.381 e. The lowest BCUT2D eigenvalue weighted by molar-refractivity contribution is 0.0967. The minimum atomic E-state index is 0.583. The van der Waals surface area contributed by atoms with Crippen LogP contribution in [0.25, 0.3) is 0 Å². The molecular formula is C21H42O5. The summed E-state index contributed by atoms with van der Waals surface area (Å²) in [6, 6.07) is 0. The van der Waals surface area contributed by atoms with Gasteiger partial charge in [0, 0.05) is 39.6 Å². The average Bonchev–Trinajstić information content (AvgIpc) is 3.68. The number of ether oxygens (including phenoxy) is 5. The van der Waals surface area contributed by atoms with Gasteiger partial charge in [-0.15, -0.1) is 0 Å². The SMILES string of the molecule is C1CCOCC1.C1CCOCC1.C1CCOCC1.CC1CO1.CC1CO1. The summed E-state index contributed by atoms with van der Waals surface area (Å²) < 4.78 is 24.6. The van der Waals surface area contributed by atoms with Crippen molar-refractivity contribution in [3.63, 3.8) is 0 Å². The van der Waals surface area contributed by atoms with Crippen LogP contribution in [-0.4, -0.2) is 65.1 Å². The van der Waals surface area contributed by atoms with E-state index in [0.29, 0.717) is 12.2 Å². The zero-order valence-corrected chi connectivity index (χ0v) is 17.2. The topological polar surface area (TPSA) is 52.8 Å². The lowest BCUT2D eigenvalue weighted by Gasteiger charge is -2.08. The number of epoxide rings is 2. The summed E-state index contributed by atoms with van der Waals surface area (Å²) in [4.78, 5) is 0. The second kappa shape index (κ2) is 18.2. The summed E-state index contributed by atoms with van der Waals surface area (Å²) in [7, 11) is 0. The maximum Gasteiger partial charge on any atom is 0.0781 e. The summed E-state index contributed by atoms with van der Waals surface area (Å²) in [5.74, 6) is 0. The molecule has 0 aromatic rings. The highest BCUT2D eigenvalue weighted by atomic mass is 16.6. The molecule has 0 aromatic carbocycles. The highest BCUT2D eigenvalue weighted by molar-refractivity contribution is 4.58. The first-order valence-corrected chi connectivity index (χ1v) is 10.8. The predicted octanol–water partition coefficient (Wildman–Crippen LogP) is 4.37. The van der Waals surface area contributed by atoms with Crippen molar-refractivity contribution < 1.29 is 23.7 Å². The van der Waals surface area contributed by atoms with Crippen molar-refractivity contribution in [1.29, 1.82) is 0 Å². The Morgan fingerprint density at radius 1 is 0.423 bits per heavy atom. The van der Waals surface area contributed by atoms with Crippen molar-refractivity contribution in [2.45, 2.75) is 83.8 Å². The molecule has 0 spiro atoms. The van der Waals surface area contributed by atoms with Crippen molar-refractivity contribution in [3.8, 4) is 0 Å². The summed E-state index contributed by atoms with van der Waals surface area (Å²) in [6.45, 7) is 12.1. The second-order valence-corrected chi connectivity index (χ2v) is 7.31. The fourth-order valence-electron chi connectivity index (χ4n) is 2.25. The molecule has 0 saturated carbocycles. The Bertz CT molecular complexity index is 195. The molecule has 26 heavy (non-hydrogen) atoms. The molecule has 2 unspecified atom stereocenters. The molecule has 0 bridgehead atoms. The van der Waals surface area contributed by atoms with E-state index in [4.69, 9.17) is 23.7 Å². The minimum Gasteiger partial charge on any atom is -0.381 e. The molecule has 5 nitrogen and oxygen atoms in total. The zero-order chi connectivity index (χ0) is 18.7. The van der Waals surface area contributed by atoms with Gasteiger partial charge in [0.2, 0.25) is 0 Å². The normalized spacial score (nSPS) is 28.8. The number of rotatable bonds is 0. The van der Waals surface area contributed by atoms with Crippen LogP contribution in [0.4, 0.5) is 0 Å². The Hall–Kier alpha value is -0.200. The highest BCUT2D eigenvalue weighted by Gasteiger charge is 2.13. The molecule has 0 aliphatic carbocycles. The first-order valence-electron chi connectivity index (χ1n) is 10.8. The molecule has 156 valence electrons. The van der Waals surface area contributed by atoms with E-state index in [1.807, 2.05) is 0 Å². The molecular weight excluding hydrogens is 332 g/mol. The van der Waals surface area contributed by atoms with Crippen LogP contribution >= 0.6 is 0 Å². The predicted molar refractivity (Wildman–Crippen MR) is 105 cm³/mol. The average molecular weight is 375 g/mol. The van der Waals surface area contributed by atoms with Gasteiger partial charge in [-0.3, -0.25) is 0 Å². The standard InChI is InChI=1S/3C5H10O.2C3H6O/c3*1-2-4-6-5-3-1;2*1-3-2-4-3/h3*1-5H2;2*3H,2H2,1H3. The number of hydrogen-bond donors (Lipinski definition) is 0. The van der Waals surface area contributed by atoms with Gasteiger partial charge in [-0.05, 0) is 71.6 Å². The van der Waals surface area contributed by atoms with Crippen molar-refractivity contribution in [2.75, 3.05) is 52.9 Å². The molecule has 0 radical (unpaired) electrons. The van der Waals surface area contributed by atoms with E-state index in [1.165, 1.54) is 57.8 Å². The lowest BCUT2D eigenvalue weighted by atomic mass is 10.2. The smallest absolute Gasteiger partial charge is 0.0781 e. The fraction of sp³-hybridized carbons (Fsp3) is 1.00. The maximum atomic E-state index is 5.07. The van der Waals surface area contributed by atoms with Gasteiger partial charge in [-0.1, -0.05) is 0 Å². The Labute approximate surface area is 161 Å². The van der Waals surface area contributed by atoms with E-state index >= 15 is 0 Å². The van der Waals surface area contributed by atoms with Crippen LogP contribution in [0.1, 0.15) is 71.6 Å². The fourth-order valence-corrected chi connectivity index (χ4v) is 2.25. The third kappa shape index (κ3) is 21.8. The molecule has 0 aromatic heterocycles. The maximum absolute atomic E-state index is 5.07. The number of hydrogen-bond acceptors (Lipinski definition) is 5. The minimum absolute atomic E-state index is 0.583. The summed E-state index contributed by atoms with van der Waals surface area (Å²) in [6.07, 6.45) is 13.0. The summed E-state index contributed by atoms with van der Waals surface area (Å²) in [5.41, 5.74) is 0. The van der Waals surface area contributed by atoms with Crippen molar-refractivity contribution in [1.82, 2.24) is 0 Å². The van der Waals surface area contributed by atoms with E-state index in [1.54, 1.807) is 0 Å². The van der Waals surface area contributed by atoms with E-state index < -0.39 is 0 Å². The Morgan fingerprint density at radius 2 is 0.615 bits per heavy atom. The van der Waals surface area contributed by atoms with E-state index in [9.17, 15) is 0 Å². The van der Waals surface area contributed by atoms with Gasteiger partial charge >= 0.3 is 0 Å². The van der Waals surface area contributed by atoms with Crippen LogP contribution in [0.2, 0.25) is 0 Å². The molecule has 0 amide bonds. The Balaban J connectivity index is 0.000000164. The van der Waals surface area contributed by atoms with Gasteiger partial charge in [0.1, 0.15) is 0 Å². The molecule has 5 heterocycles. The van der Waals surface area contributed by atoms with Gasteiger partial charge < -0.3 is 23.7 Å². The molecule has 5 saturated heterocycles. The highest BCUT2D eigenvalue weighted by Crippen LogP contribution is 2.05. The van der Waals surface area contributed by atoms with Crippen LogP contribution in [0.3, 0.4) is 0 Å². The van der Waals surface area contributed by atoms with Crippen molar-refractivity contribution in [3.05, 3.63) is 0 Å². The summed E-state index contributed by atoms with van der Waals surface area (Å²) in [5, 5.41) is 0. The van der Waals surface area contributed by atoms with Crippen LogP contribution in [0.15, 0.2) is 0 Å². The molecule has 5 rings (SSSR count). The quantitative estimate of drug-likeness (QED) is 0.589. The van der Waals surface area contributed by atoms with Crippen LogP contribution < -0.4 is 0 Å². The van der Waals surface area contributed by atoms with Crippen LogP contribution in [-0.2, 0) is 23.7 Å². The molecule has 5 aliphatic rings. The third-order valence-electron chi connectivity index (χ3n) is 4.23. The lowest BCUT2D eigenvalue weighted by Crippen LogP contribution is -2.03. The van der Waals surface area contributed by atoms with Gasteiger partial charge in [0.25, 0.3) is 0 Å². The third-order valence-corrected chi connectivity index (χ3v) is 4.23. The first-order chi connectivity index (χ1) is 12.8.